The largest absolute Gasteiger partial charge is 0.358 e. The summed E-state index contributed by atoms with van der Waals surface area (Å²) in [4.78, 5) is 13.6. The molecule has 0 radical (unpaired) electrons. The Morgan fingerprint density at radius 1 is 0.951 bits per heavy atom. The van der Waals surface area contributed by atoms with Crippen LogP contribution in [0.3, 0.4) is 0 Å². The summed E-state index contributed by atoms with van der Waals surface area (Å²) in [6.45, 7) is 10.4. The van der Waals surface area contributed by atoms with Crippen molar-refractivity contribution < 1.29 is 4.39 Å². The number of allylic oxidation sites excluding steroid dienone is 1. The maximum atomic E-state index is 14.5. The van der Waals surface area contributed by atoms with Gasteiger partial charge in [0.15, 0.2) is 0 Å². The predicted molar refractivity (Wildman–Crippen MR) is 163 cm³/mol. The molecule has 41 heavy (non-hydrogen) atoms. The first-order valence-electron chi connectivity index (χ1n) is 13.9. The molecular weight excluding hydrogens is 513 g/mol. The predicted octanol–water partition coefficient (Wildman–Crippen LogP) is 8.12. The number of benzene rings is 1. The van der Waals surface area contributed by atoms with Crippen molar-refractivity contribution in [2.75, 3.05) is 10.6 Å². The number of rotatable bonds is 8. The van der Waals surface area contributed by atoms with E-state index in [-0.39, 0.29) is 5.82 Å². The summed E-state index contributed by atoms with van der Waals surface area (Å²) in [6, 6.07) is 12.6. The van der Waals surface area contributed by atoms with Crippen LogP contribution in [0.1, 0.15) is 43.4 Å². The van der Waals surface area contributed by atoms with Crippen LogP contribution < -0.4 is 10.6 Å². The molecule has 7 nitrogen and oxygen atoms in total. The minimum absolute atomic E-state index is 0.281. The van der Waals surface area contributed by atoms with Crippen LogP contribution in [0.5, 0.6) is 0 Å². The zero-order chi connectivity index (χ0) is 28.3. The van der Waals surface area contributed by atoms with Gasteiger partial charge in [-0.05, 0) is 61.1 Å². The Morgan fingerprint density at radius 3 is 2.61 bits per heavy atom. The van der Waals surface area contributed by atoms with E-state index in [0.29, 0.717) is 28.7 Å². The number of nitrogens with one attached hydrogen (secondary N) is 3. The van der Waals surface area contributed by atoms with E-state index in [2.05, 4.69) is 48.9 Å². The second-order valence-corrected chi connectivity index (χ2v) is 10.6. The fourth-order valence-electron chi connectivity index (χ4n) is 5.53. The summed E-state index contributed by atoms with van der Waals surface area (Å²) in [7, 11) is 0. The zero-order valence-corrected chi connectivity index (χ0v) is 23.0. The molecule has 0 saturated heterocycles. The fourth-order valence-corrected chi connectivity index (χ4v) is 5.53. The van der Waals surface area contributed by atoms with Crippen LogP contribution in [0, 0.1) is 18.7 Å². The van der Waals surface area contributed by atoms with Crippen molar-refractivity contribution in [1.82, 2.24) is 25.1 Å². The summed E-state index contributed by atoms with van der Waals surface area (Å²) in [5, 5.41) is 15.2. The Morgan fingerprint density at radius 2 is 1.78 bits per heavy atom. The van der Waals surface area contributed by atoms with Gasteiger partial charge in [0.2, 0.25) is 0 Å². The number of fused-ring (bicyclic) bond motifs is 1. The maximum absolute atomic E-state index is 14.5. The molecule has 1 fully saturated rings. The van der Waals surface area contributed by atoms with Gasteiger partial charge < -0.3 is 10.6 Å². The molecule has 1 aromatic carbocycles. The highest BCUT2D eigenvalue weighted by Gasteiger charge is 2.18. The highest BCUT2D eigenvalue weighted by molar-refractivity contribution is 5.94. The molecule has 0 aliphatic heterocycles. The molecule has 0 amide bonds. The monoisotopic (exact) mass is 545 g/mol. The number of hydrogen-bond donors (Lipinski definition) is 3. The quantitative estimate of drug-likeness (QED) is 0.182. The molecular formula is C33H32FN7. The highest BCUT2D eigenvalue weighted by Crippen LogP contribution is 2.33. The number of hydrogen-bond acceptors (Lipinski definition) is 6. The molecule has 0 spiro atoms. The second-order valence-electron chi connectivity index (χ2n) is 10.6. The normalized spacial score (nSPS) is 13.7. The van der Waals surface area contributed by atoms with Crippen LogP contribution in [-0.4, -0.2) is 25.1 Å². The van der Waals surface area contributed by atoms with Gasteiger partial charge in [-0.2, -0.15) is 5.10 Å². The molecule has 0 atom stereocenters. The molecule has 1 aliphatic carbocycles. The summed E-state index contributed by atoms with van der Waals surface area (Å²) >= 11 is 0. The van der Waals surface area contributed by atoms with Crippen molar-refractivity contribution in [1.29, 1.82) is 0 Å². The molecule has 5 aromatic rings. The van der Waals surface area contributed by atoms with Gasteiger partial charge in [0, 0.05) is 34.6 Å². The van der Waals surface area contributed by atoms with Crippen LogP contribution in [-0.2, 0) is 0 Å². The Kier molecular flexibility index (Phi) is 7.29. The van der Waals surface area contributed by atoms with Crippen molar-refractivity contribution >= 4 is 28.1 Å². The molecule has 1 aliphatic rings. The van der Waals surface area contributed by atoms with E-state index in [4.69, 9.17) is 0 Å². The van der Waals surface area contributed by atoms with Crippen LogP contribution in [0.2, 0.25) is 0 Å². The van der Waals surface area contributed by atoms with Crippen molar-refractivity contribution in [2.24, 2.45) is 5.92 Å². The molecule has 1 saturated carbocycles. The van der Waals surface area contributed by atoms with E-state index in [0.717, 1.165) is 44.7 Å². The number of pyridine rings is 3. The average Bonchev–Trinajstić information content (AvgIpc) is 3.43. The van der Waals surface area contributed by atoms with Gasteiger partial charge in [-0.1, -0.05) is 50.6 Å². The SMILES string of the molecule is C=C(Nc1nccc(-c2ccccc2F)c1C)c1n[nH]c2cnc(-c3cncc(NC(=C)C4CCCCC4)c3)cc12. The summed E-state index contributed by atoms with van der Waals surface area (Å²) in [5.74, 6) is 0.804. The highest BCUT2D eigenvalue weighted by atomic mass is 19.1. The number of halogens is 1. The molecule has 0 bridgehead atoms. The lowest BCUT2D eigenvalue weighted by Crippen LogP contribution is -2.14. The first-order chi connectivity index (χ1) is 20.0. The number of H-pyrrole nitrogens is 1. The van der Waals surface area contributed by atoms with Gasteiger partial charge in [-0.15, -0.1) is 0 Å². The smallest absolute Gasteiger partial charge is 0.133 e. The first kappa shape index (κ1) is 26.4. The fraction of sp³-hybridized carbons (Fsp3) is 0.212. The van der Waals surface area contributed by atoms with Gasteiger partial charge in [0.05, 0.1) is 35.0 Å². The Hall–Kier alpha value is -4.85. The molecule has 206 valence electrons. The van der Waals surface area contributed by atoms with Crippen LogP contribution in [0.4, 0.5) is 15.9 Å². The first-order valence-corrected chi connectivity index (χ1v) is 13.9. The number of aromatic amines is 1. The van der Waals surface area contributed by atoms with Gasteiger partial charge >= 0.3 is 0 Å². The third-order valence-electron chi connectivity index (χ3n) is 7.81. The Labute approximate surface area is 238 Å². The zero-order valence-electron chi connectivity index (χ0n) is 23.0. The molecule has 6 rings (SSSR count). The van der Waals surface area contributed by atoms with Gasteiger partial charge in [-0.3, -0.25) is 15.1 Å². The lowest BCUT2D eigenvalue weighted by molar-refractivity contribution is 0.405. The van der Waals surface area contributed by atoms with Crippen LogP contribution in [0.15, 0.2) is 86.1 Å². The molecule has 4 heterocycles. The molecule has 0 unspecified atom stereocenters. The average molecular weight is 546 g/mol. The third-order valence-corrected chi connectivity index (χ3v) is 7.81. The molecule has 3 N–H and O–H groups in total. The van der Waals surface area contributed by atoms with Crippen molar-refractivity contribution in [3.8, 4) is 22.4 Å². The van der Waals surface area contributed by atoms with E-state index >= 15 is 0 Å². The lowest BCUT2D eigenvalue weighted by Gasteiger charge is -2.24. The van der Waals surface area contributed by atoms with Crippen molar-refractivity contribution in [3.63, 3.8) is 0 Å². The minimum Gasteiger partial charge on any atom is -0.358 e. The topological polar surface area (TPSA) is 91.4 Å². The van der Waals surface area contributed by atoms with Crippen molar-refractivity contribution in [3.05, 3.63) is 103 Å². The molecule has 8 heteroatoms. The summed E-state index contributed by atoms with van der Waals surface area (Å²) in [6.07, 6.45) is 13.2. The maximum Gasteiger partial charge on any atom is 0.133 e. The van der Waals surface area contributed by atoms with Gasteiger partial charge in [-0.25, -0.2) is 9.37 Å². The molecule has 4 aromatic heterocycles. The van der Waals surface area contributed by atoms with Crippen LogP contribution >= 0.6 is 0 Å². The van der Waals surface area contributed by atoms with Crippen molar-refractivity contribution in [2.45, 2.75) is 39.0 Å². The number of nitrogens with zero attached hydrogens (tertiary/aromatic N) is 4. The Balaban J connectivity index is 1.25. The van der Waals surface area contributed by atoms with E-state index < -0.39 is 0 Å². The van der Waals surface area contributed by atoms with E-state index in [1.807, 2.05) is 37.4 Å². The lowest BCUT2D eigenvalue weighted by atomic mass is 9.87. The summed E-state index contributed by atoms with van der Waals surface area (Å²) in [5.41, 5.74) is 7.69. The Bertz CT molecular complexity index is 1750. The third kappa shape index (κ3) is 5.45. The van der Waals surface area contributed by atoms with E-state index in [9.17, 15) is 4.39 Å². The second kappa shape index (κ2) is 11.3. The number of aromatic nitrogens is 5. The van der Waals surface area contributed by atoms with Gasteiger partial charge in [0.1, 0.15) is 17.3 Å². The van der Waals surface area contributed by atoms with Gasteiger partial charge in [0.25, 0.3) is 0 Å². The minimum atomic E-state index is -0.281. The van der Waals surface area contributed by atoms with Crippen LogP contribution in [0.25, 0.3) is 39.0 Å². The standard InChI is InChI=1S/C33H32FN7/c1-20-26(27-11-7-8-12-29(27)34)13-14-36-33(20)39-22(3)32-28-16-30(37-19-31(28)40-41-32)24-15-25(18-35-17-24)38-21(2)23-9-5-4-6-10-23/h7-8,11-19,23,38H,2-6,9-10H2,1H3,(H,36,39)(H,40,41). The summed E-state index contributed by atoms with van der Waals surface area (Å²) < 4.78 is 14.5. The van der Waals surface area contributed by atoms with E-state index in [1.54, 1.807) is 30.7 Å². The number of anilines is 2. The van der Waals surface area contributed by atoms with E-state index in [1.165, 1.54) is 38.2 Å².